The maximum atomic E-state index is 11.9. The third kappa shape index (κ3) is 4.05. The number of aliphatic hydroxyl groups excluding tert-OH is 1. The molecule has 1 atom stereocenters. The van der Waals surface area contributed by atoms with Crippen LogP contribution in [0, 0.1) is 0 Å². The summed E-state index contributed by atoms with van der Waals surface area (Å²) in [4.78, 5) is 11.9. The van der Waals surface area contributed by atoms with Crippen molar-refractivity contribution in [3.8, 4) is 0 Å². The van der Waals surface area contributed by atoms with Crippen molar-refractivity contribution in [2.45, 2.75) is 45.7 Å². The van der Waals surface area contributed by atoms with Gasteiger partial charge in [-0.05, 0) is 26.7 Å². The lowest BCUT2D eigenvalue weighted by Gasteiger charge is -2.29. The van der Waals surface area contributed by atoms with E-state index in [2.05, 4.69) is 24.3 Å². The van der Waals surface area contributed by atoms with Crippen LogP contribution in [0.1, 0.15) is 49.7 Å². The number of nitrogens with one attached hydrogen (secondary N) is 1. The summed E-state index contributed by atoms with van der Waals surface area (Å²) in [7, 11) is 1.80. The van der Waals surface area contributed by atoms with Crippen molar-refractivity contribution in [2.75, 3.05) is 13.2 Å². The van der Waals surface area contributed by atoms with Gasteiger partial charge in [0.1, 0.15) is 5.56 Å². The van der Waals surface area contributed by atoms with Gasteiger partial charge in [-0.15, -0.1) is 0 Å². The number of aromatic nitrogens is 2. The second-order valence-electron chi connectivity index (χ2n) is 5.09. The van der Waals surface area contributed by atoms with E-state index in [1.165, 1.54) is 6.20 Å². The van der Waals surface area contributed by atoms with Crippen LogP contribution in [-0.4, -0.2) is 39.6 Å². The number of nitrogens with zero attached hydrogens (tertiary/aromatic N) is 2. The highest BCUT2D eigenvalue weighted by atomic mass is 16.5. The number of aryl methyl sites for hydroxylation is 1. The molecule has 0 aliphatic carbocycles. The van der Waals surface area contributed by atoms with E-state index in [0.717, 1.165) is 12.1 Å². The van der Waals surface area contributed by atoms with Crippen LogP contribution in [0.25, 0.3) is 0 Å². The minimum absolute atomic E-state index is 0.132. The lowest BCUT2D eigenvalue weighted by molar-refractivity contribution is 0.0524. The lowest BCUT2D eigenvalue weighted by atomic mass is 9.95. The minimum Gasteiger partial charge on any atom is -0.462 e. The monoisotopic (exact) mass is 283 g/mol. The molecule has 0 aromatic carbocycles. The molecule has 0 spiro atoms. The molecule has 0 radical (unpaired) electrons. The van der Waals surface area contributed by atoms with Gasteiger partial charge in [-0.25, -0.2) is 4.79 Å². The zero-order valence-corrected chi connectivity index (χ0v) is 12.8. The first kappa shape index (κ1) is 16.7. The average molecular weight is 283 g/mol. The van der Waals surface area contributed by atoms with Crippen molar-refractivity contribution in [3.05, 3.63) is 17.5 Å². The molecule has 1 aromatic rings. The summed E-state index contributed by atoms with van der Waals surface area (Å²) in [6.07, 6.45) is 3.08. The largest absolute Gasteiger partial charge is 0.462 e. The van der Waals surface area contributed by atoms with Crippen LogP contribution in [0.3, 0.4) is 0 Å². The van der Waals surface area contributed by atoms with Gasteiger partial charge in [-0.2, -0.15) is 5.10 Å². The number of esters is 1. The van der Waals surface area contributed by atoms with E-state index < -0.39 is 0 Å². The van der Waals surface area contributed by atoms with Gasteiger partial charge in [0.05, 0.1) is 18.5 Å². The Kier molecular flexibility index (Phi) is 6.16. The Morgan fingerprint density at radius 3 is 2.80 bits per heavy atom. The zero-order chi connectivity index (χ0) is 15.2. The highest BCUT2D eigenvalue weighted by Crippen LogP contribution is 2.16. The normalized spacial score (nSPS) is 14.1. The number of hydrogen-bond acceptors (Lipinski definition) is 5. The molecule has 0 aliphatic heterocycles. The third-order valence-electron chi connectivity index (χ3n) is 3.68. The van der Waals surface area contributed by atoms with Gasteiger partial charge in [0.2, 0.25) is 0 Å². The maximum Gasteiger partial charge on any atom is 0.341 e. The predicted molar refractivity (Wildman–Crippen MR) is 76.4 cm³/mol. The van der Waals surface area contributed by atoms with E-state index in [-0.39, 0.29) is 18.1 Å². The van der Waals surface area contributed by atoms with Crippen LogP contribution in [0.5, 0.6) is 0 Å². The molecule has 0 aliphatic rings. The van der Waals surface area contributed by atoms with Crippen LogP contribution >= 0.6 is 0 Å². The van der Waals surface area contributed by atoms with Crippen molar-refractivity contribution in [2.24, 2.45) is 7.05 Å². The Bertz CT molecular complexity index is 445. The van der Waals surface area contributed by atoms with Crippen LogP contribution in [0.4, 0.5) is 0 Å². The van der Waals surface area contributed by atoms with Crippen molar-refractivity contribution >= 4 is 5.97 Å². The first-order valence-electron chi connectivity index (χ1n) is 7.01. The predicted octanol–water partition coefficient (Wildman–Crippen LogP) is 1.24. The van der Waals surface area contributed by atoms with E-state index in [1.54, 1.807) is 18.7 Å². The third-order valence-corrected chi connectivity index (χ3v) is 3.68. The van der Waals surface area contributed by atoms with Crippen LogP contribution in [0.2, 0.25) is 0 Å². The summed E-state index contributed by atoms with van der Waals surface area (Å²) < 4.78 is 6.70. The second kappa shape index (κ2) is 7.40. The summed E-state index contributed by atoms with van der Waals surface area (Å²) in [5.74, 6) is -0.349. The number of hydrogen-bond donors (Lipinski definition) is 2. The average Bonchev–Trinajstić information content (AvgIpc) is 2.78. The van der Waals surface area contributed by atoms with Gasteiger partial charge in [-0.1, -0.05) is 6.92 Å². The topological polar surface area (TPSA) is 76.4 Å². The van der Waals surface area contributed by atoms with Crippen LogP contribution in [0.15, 0.2) is 6.20 Å². The van der Waals surface area contributed by atoms with E-state index in [4.69, 9.17) is 9.84 Å². The standard InChI is InChI=1S/C14H25N3O3/c1-5-14(3,7-8-18)15-10-12-11(9-16-17(12)4)13(19)20-6-2/h9,15,18H,5-8,10H2,1-4H3. The highest BCUT2D eigenvalue weighted by molar-refractivity contribution is 5.90. The molecule has 0 amide bonds. The van der Waals surface area contributed by atoms with E-state index in [1.807, 2.05) is 0 Å². The first-order valence-corrected chi connectivity index (χ1v) is 7.01. The molecule has 0 saturated carbocycles. The molecule has 1 aromatic heterocycles. The van der Waals surface area contributed by atoms with Crippen molar-refractivity contribution in [1.29, 1.82) is 0 Å². The van der Waals surface area contributed by atoms with Crippen molar-refractivity contribution < 1.29 is 14.6 Å². The van der Waals surface area contributed by atoms with Gasteiger partial charge < -0.3 is 15.2 Å². The molecule has 0 fully saturated rings. The highest BCUT2D eigenvalue weighted by Gasteiger charge is 2.23. The quantitative estimate of drug-likeness (QED) is 0.702. The van der Waals surface area contributed by atoms with Gasteiger partial charge in [0, 0.05) is 25.7 Å². The van der Waals surface area contributed by atoms with Gasteiger partial charge >= 0.3 is 5.97 Å². The molecule has 2 N–H and O–H groups in total. The fourth-order valence-corrected chi connectivity index (χ4v) is 1.99. The first-order chi connectivity index (χ1) is 9.47. The Labute approximate surface area is 120 Å². The number of carbonyl (C=O) groups is 1. The lowest BCUT2D eigenvalue weighted by Crippen LogP contribution is -2.42. The Hall–Kier alpha value is -1.40. The van der Waals surface area contributed by atoms with Crippen molar-refractivity contribution in [1.82, 2.24) is 15.1 Å². The van der Waals surface area contributed by atoms with Crippen molar-refractivity contribution in [3.63, 3.8) is 0 Å². The summed E-state index contributed by atoms with van der Waals surface area (Å²) >= 11 is 0. The van der Waals surface area contributed by atoms with Crippen LogP contribution in [-0.2, 0) is 18.3 Å². The maximum absolute atomic E-state index is 11.9. The fraction of sp³-hybridized carbons (Fsp3) is 0.714. The number of carbonyl (C=O) groups excluding carboxylic acids is 1. The number of rotatable bonds is 8. The van der Waals surface area contributed by atoms with Crippen LogP contribution < -0.4 is 5.32 Å². The number of ether oxygens (including phenoxy) is 1. The summed E-state index contributed by atoms with van der Waals surface area (Å²) in [5, 5.41) is 16.6. The molecule has 1 unspecified atom stereocenters. The molecule has 0 bridgehead atoms. The smallest absolute Gasteiger partial charge is 0.341 e. The Morgan fingerprint density at radius 2 is 2.25 bits per heavy atom. The molecule has 6 heteroatoms. The second-order valence-corrected chi connectivity index (χ2v) is 5.09. The zero-order valence-electron chi connectivity index (χ0n) is 12.8. The molecule has 6 nitrogen and oxygen atoms in total. The van der Waals surface area contributed by atoms with E-state index in [0.29, 0.717) is 25.1 Å². The minimum atomic E-state index is -0.349. The van der Waals surface area contributed by atoms with Gasteiger partial charge in [0.15, 0.2) is 0 Å². The summed E-state index contributed by atoms with van der Waals surface area (Å²) in [6, 6.07) is 0. The summed E-state index contributed by atoms with van der Waals surface area (Å²) in [5.41, 5.74) is 1.12. The fourth-order valence-electron chi connectivity index (χ4n) is 1.99. The molecule has 20 heavy (non-hydrogen) atoms. The molecule has 114 valence electrons. The summed E-state index contributed by atoms with van der Waals surface area (Å²) in [6.45, 7) is 6.89. The van der Waals surface area contributed by atoms with Gasteiger partial charge in [0.25, 0.3) is 0 Å². The molecular weight excluding hydrogens is 258 g/mol. The molecule has 1 rings (SSSR count). The van der Waals surface area contributed by atoms with E-state index >= 15 is 0 Å². The molecule has 0 saturated heterocycles. The number of aliphatic hydroxyl groups is 1. The Balaban J connectivity index is 2.82. The molecular formula is C14H25N3O3. The SMILES string of the molecule is CCOC(=O)c1cnn(C)c1CNC(C)(CC)CCO. The van der Waals surface area contributed by atoms with Gasteiger partial charge in [-0.3, -0.25) is 4.68 Å². The Morgan fingerprint density at radius 1 is 1.55 bits per heavy atom. The molecule has 1 heterocycles. The van der Waals surface area contributed by atoms with E-state index in [9.17, 15) is 4.79 Å².